The largest absolute Gasteiger partial charge is 0.477 e. The Kier molecular flexibility index (Phi) is 12.5. The number of carboxylic acids is 2. The van der Waals surface area contributed by atoms with E-state index in [0.29, 0.717) is 13.1 Å². The second kappa shape index (κ2) is 16.5. The van der Waals surface area contributed by atoms with Crippen molar-refractivity contribution in [2.75, 3.05) is 30.5 Å². The minimum atomic E-state index is -0.945. The molecule has 0 radical (unpaired) electrons. The van der Waals surface area contributed by atoms with E-state index < -0.39 is 11.9 Å². The van der Waals surface area contributed by atoms with Crippen LogP contribution >= 0.6 is 0 Å². The molecule has 1 aliphatic rings. The van der Waals surface area contributed by atoms with Gasteiger partial charge in [0.25, 0.3) is 0 Å². The fourth-order valence-corrected chi connectivity index (χ4v) is 4.30. The van der Waals surface area contributed by atoms with Crippen LogP contribution in [0, 0.1) is 0 Å². The lowest BCUT2D eigenvalue weighted by atomic mass is 10.2. The molecule has 1 aliphatic heterocycles. The maximum Gasteiger partial charge on any atom is 0.352 e. The predicted molar refractivity (Wildman–Crippen MR) is 167 cm³/mol. The molecule has 0 bridgehead atoms. The van der Waals surface area contributed by atoms with Crippen LogP contribution in [0.4, 0.5) is 11.4 Å². The van der Waals surface area contributed by atoms with Gasteiger partial charge in [0.2, 0.25) is 11.8 Å². The number of aromatic nitrogens is 2. The van der Waals surface area contributed by atoms with Gasteiger partial charge in [0.15, 0.2) is 0 Å². The zero-order valence-corrected chi connectivity index (χ0v) is 25.1. The van der Waals surface area contributed by atoms with E-state index in [9.17, 15) is 19.2 Å². The van der Waals surface area contributed by atoms with Gasteiger partial charge in [-0.1, -0.05) is 24.3 Å². The van der Waals surface area contributed by atoms with Crippen LogP contribution in [0.5, 0.6) is 0 Å². The average Bonchev–Trinajstić information content (AvgIpc) is 3.78. The second-order valence-electron chi connectivity index (χ2n) is 10.1. The summed E-state index contributed by atoms with van der Waals surface area (Å²) in [5.74, 6) is -2.04. The van der Waals surface area contributed by atoms with Crippen molar-refractivity contribution in [3.63, 3.8) is 0 Å². The summed E-state index contributed by atoms with van der Waals surface area (Å²) >= 11 is 0. The van der Waals surface area contributed by atoms with Gasteiger partial charge in [0.1, 0.15) is 11.4 Å². The van der Waals surface area contributed by atoms with Gasteiger partial charge in [-0.2, -0.15) is 0 Å². The van der Waals surface area contributed by atoms with Crippen molar-refractivity contribution in [1.82, 2.24) is 9.13 Å². The van der Waals surface area contributed by atoms with E-state index in [2.05, 4.69) is 5.32 Å². The number of amides is 2. The van der Waals surface area contributed by atoms with Gasteiger partial charge in [-0.05, 0) is 72.5 Å². The van der Waals surface area contributed by atoms with Crippen molar-refractivity contribution in [2.45, 2.75) is 39.8 Å². The topological polar surface area (TPSA) is 143 Å². The quantitative estimate of drug-likeness (QED) is 0.251. The first-order chi connectivity index (χ1) is 21.0. The van der Waals surface area contributed by atoms with Crippen molar-refractivity contribution < 1.29 is 34.1 Å². The lowest BCUT2D eigenvalue weighted by molar-refractivity contribution is -0.116. The first kappa shape index (κ1) is 33.3. The molecule has 1 fully saturated rings. The highest BCUT2D eigenvalue weighted by molar-refractivity contribution is 5.91. The van der Waals surface area contributed by atoms with Crippen LogP contribution in [-0.4, -0.2) is 63.4 Å². The van der Waals surface area contributed by atoms with E-state index in [1.807, 2.05) is 36.4 Å². The van der Waals surface area contributed by atoms with Crippen LogP contribution in [-0.2, 0) is 27.4 Å². The van der Waals surface area contributed by atoms with E-state index in [-0.39, 0.29) is 23.2 Å². The van der Waals surface area contributed by atoms with Crippen LogP contribution in [0.3, 0.4) is 0 Å². The summed E-state index contributed by atoms with van der Waals surface area (Å²) in [6.07, 6.45) is 6.02. The molecule has 2 aromatic carbocycles. The van der Waals surface area contributed by atoms with Gasteiger partial charge in [0.05, 0.1) is 0 Å². The molecule has 1 saturated heterocycles. The molecule has 4 aromatic rings. The van der Waals surface area contributed by atoms with Crippen molar-refractivity contribution in [3.05, 3.63) is 108 Å². The average molecular weight is 603 g/mol. The normalized spacial score (nSPS) is 11.8. The highest BCUT2D eigenvalue weighted by atomic mass is 16.5. The van der Waals surface area contributed by atoms with E-state index in [0.717, 1.165) is 35.7 Å². The minimum absolute atomic E-state index is 0.0312. The molecule has 0 unspecified atom stereocenters. The molecule has 0 saturated carbocycles. The van der Waals surface area contributed by atoms with E-state index >= 15 is 0 Å². The van der Waals surface area contributed by atoms with Gasteiger partial charge in [0, 0.05) is 71.0 Å². The molecule has 3 N–H and O–H groups in total. The molecule has 0 aliphatic carbocycles. The molecule has 11 heteroatoms. The van der Waals surface area contributed by atoms with Gasteiger partial charge in [-0.3, -0.25) is 9.59 Å². The van der Waals surface area contributed by atoms with Crippen molar-refractivity contribution in [1.29, 1.82) is 0 Å². The number of nitrogens with zero attached hydrogens (tertiary/aromatic N) is 3. The number of hydrogen-bond acceptors (Lipinski definition) is 5. The first-order valence-corrected chi connectivity index (χ1v) is 14.1. The predicted octanol–water partition coefficient (Wildman–Crippen LogP) is 5.21. The summed E-state index contributed by atoms with van der Waals surface area (Å²) in [7, 11) is 1.71. The molecule has 44 heavy (non-hydrogen) atoms. The highest BCUT2D eigenvalue weighted by Crippen LogP contribution is 2.16. The van der Waals surface area contributed by atoms with Gasteiger partial charge in [-0.25, -0.2) is 9.59 Å². The summed E-state index contributed by atoms with van der Waals surface area (Å²) in [6.45, 7) is 5.92. The molecule has 3 heterocycles. The Morgan fingerprint density at radius 2 is 1.20 bits per heavy atom. The molecule has 232 valence electrons. The molecular formula is C33H38N4O7. The SMILES string of the molecule is C1CCOC1.CC(=O)N(C)c1ccc(Cn2cccc2C(=O)O)cc1.CC(=O)Nc1ccc(Cn2cccc2C(=O)O)cc1. The number of hydrogen-bond donors (Lipinski definition) is 3. The molecular weight excluding hydrogens is 564 g/mol. The highest BCUT2D eigenvalue weighted by Gasteiger charge is 2.10. The van der Waals surface area contributed by atoms with Gasteiger partial charge in [-0.15, -0.1) is 0 Å². The van der Waals surface area contributed by atoms with Crippen LogP contribution in [0.1, 0.15) is 58.8 Å². The number of benzene rings is 2. The van der Waals surface area contributed by atoms with Crippen LogP contribution in [0.2, 0.25) is 0 Å². The lowest BCUT2D eigenvalue weighted by Gasteiger charge is -2.15. The Balaban J connectivity index is 0.000000207. The third-order valence-corrected chi connectivity index (χ3v) is 6.70. The zero-order chi connectivity index (χ0) is 32.1. The van der Waals surface area contributed by atoms with E-state index in [1.54, 1.807) is 69.9 Å². The van der Waals surface area contributed by atoms with Crippen molar-refractivity contribution >= 4 is 35.1 Å². The molecule has 2 amide bonds. The smallest absolute Gasteiger partial charge is 0.352 e. The maximum atomic E-state index is 11.3. The Bertz CT molecular complexity index is 1530. The monoisotopic (exact) mass is 602 g/mol. The standard InChI is InChI=1S/C15H16N2O3.C14H14N2O3.C4H8O/c1-11(18)16(2)13-7-5-12(6-8-13)10-17-9-3-4-14(17)15(19)20;1-10(17)15-12-6-4-11(5-7-12)9-16-8-2-3-13(16)14(18)19;1-2-4-5-3-1/h3-9H,10H2,1-2H3,(H,19,20);2-8H,9H2,1H3,(H,15,17)(H,18,19);1-4H2. The Morgan fingerprint density at radius 3 is 1.57 bits per heavy atom. The van der Waals surface area contributed by atoms with Crippen molar-refractivity contribution in [3.8, 4) is 0 Å². The number of nitrogens with one attached hydrogen (secondary N) is 1. The number of ether oxygens (including phenoxy) is 1. The molecule has 11 nitrogen and oxygen atoms in total. The van der Waals surface area contributed by atoms with E-state index in [4.69, 9.17) is 14.9 Å². The van der Waals surface area contributed by atoms with Crippen LogP contribution in [0.15, 0.2) is 85.2 Å². The first-order valence-electron chi connectivity index (χ1n) is 14.1. The molecule has 0 atom stereocenters. The fourth-order valence-electron chi connectivity index (χ4n) is 4.30. The summed E-state index contributed by atoms with van der Waals surface area (Å²) in [5, 5.41) is 20.7. The van der Waals surface area contributed by atoms with E-state index in [1.165, 1.54) is 26.7 Å². The lowest BCUT2D eigenvalue weighted by Crippen LogP contribution is -2.22. The number of aromatic carboxylic acids is 2. The van der Waals surface area contributed by atoms with Crippen molar-refractivity contribution in [2.24, 2.45) is 0 Å². The summed E-state index contributed by atoms with van der Waals surface area (Å²) in [5.41, 5.74) is 3.99. The molecule has 5 rings (SSSR count). The fraction of sp³-hybridized carbons (Fsp3) is 0.273. The molecule has 0 spiro atoms. The number of rotatable bonds is 8. The van der Waals surface area contributed by atoms with Gasteiger partial charge < -0.3 is 34.3 Å². The number of carbonyl (C=O) groups is 4. The number of anilines is 2. The zero-order valence-electron chi connectivity index (χ0n) is 25.1. The summed E-state index contributed by atoms with van der Waals surface area (Å²) < 4.78 is 8.28. The number of carbonyl (C=O) groups excluding carboxylic acids is 2. The second-order valence-corrected chi connectivity index (χ2v) is 10.1. The summed E-state index contributed by atoms with van der Waals surface area (Å²) in [6, 6.07) is 21.3. The van der Waals surface area contributed by atoms with Crippen LogP contribution in [0.25, 0.3) is 0 Å². The van der Waals surface area contributed by atoms with Gasteiger partial charge >= 0.3 is 11.9 Å². The Labute approximate surface area is 256 Å². The summed E-state index contributed by atoms with van der Waals surface area (Å²) in [4.78, 5) is 45.7. The Morgan fingerprint density at radius 1 is 0.750 bits per heavy atom. The minimum Gasteiger partial charge on any atom is -0.477 e. The van der Waals surface area contributed by atoms with Crippen LogP contribution < -0.4 is 10.2 Å². The Hall–Kier alpha value is -5.16. The third kappa shape index (κ3) is 10.3. The maximum absolute atomic E-state index is 11.3. The molecule has 2 aromatic heterocycles. The number of carboxylic acid groups (broad SMARTS) is 2. The third-order valence-electron chi connectivity index (χ3n) is 6.70.